The van der Waals surface area contributed by atoms with Gasteiger partial charge < -0.3 is 10.1 Å². The van der Waals surface area contributed by atoms with Crippen LogP contribution in [0.5, 0.6) is 5.75 Å². The van der Waals surface area contributed by atoms with Crippen molar-refractivity contribution in [3.63, 3.8) is 0 Å². The minimum absolute atomic E-state index is 0.107. The Morgan fingerprint density at radius 2 is 1.89 bits per heavy atom. The maximum absolute atomic E-state index is 12.4. The van der Waals surface area contributed by atoms with E-state index in [1.54, 1.807) is 6.07 Å². The average molecular weight is 393 g/mol. The largest absolute Gasteiger partial charge is 0.493 e. The summed E-state index contributed by atoms with van der Waals surface area (Å²) < 4.78 is 5.49. The van der Waals surface area contributed by atoms with Gasteiger partial charge >= 0.3 is 0 Å². The van der Waals surface area contributed by atoms with Crippen molar-refractivity contribution in [1.29, 1.82) is 0 Å². The van der Waals surface area contributed by atoms with E-state index in [4.69, 9.17) is 4.74 Å². The second kappa shape index (κ2) is 7.90. The van der Waals surface area contributed by atoms with Gasteiger partial charge in [-0.2, -0.15) is 0 Å². The van der Waals surface area contributed by atoms with Gasteiger partial charge in [0.05, 0.1) is 17.7 Å². The average Bonchev–Trinajstić information content (AvgIpc) is 2.46. The van der Waals surface area contributed by atoms with E-state index in [2.05, 4.69) is 44.1 Å². The van der Waals surface area contributed by atoms with Gasteiger partial charge in [-0.05, 0) is 25.5 Å². The summed E-state index contributed by atoms with van der Waals surface area (Å²) in [6, 6.07) is 7.30. The van der Waals surface area contributed by atoms with Crippen molar-refractivity contribution in [2.45, 2.75) is 25.8 Å². The first kappa shape index (κ1) is 16.5. The first-order chi connectivity index (χ1) is 9.12. The molecule has 5 heteroatoms. The number of hydrogen-bond donors (Lipinski definition) is 1. The molecule has 0 saturated carbocycles. The topological polar surface area (TPSA) is 38.3 Å². The molecule has 1 N–H and O–H groups in total. The fourth-order valence-electron chi connectivity index (χ4n) is 1.62. The smallest absolute Gasteiger partial charge is 0.255 e. The van der Waals surface area contributed by atoms with Gasteiger partial charge in [0.15, 0.2) is 0 Å². The maximum atomic E-state index is 12.4. The van der Waals surface area contributed by atoms with Crippen LogP contribution in [0.1, 0.15) is 30.6 Å². The number of amides is 1. The van der Waals surface area contributed by atoms with Crippen LogP contribution in [0.2, 0.25) is 0 Å². The molecule has 0 saturated heterocycles. The molecule has 1 aromatic carbocycles. The Labute approximate surface area is 131 Å². The highest BCUT2D eigenvalue weighted by Gasteiger charge is 2.28. The number of hydrogen-bond acceptors (Lipinski definition) is 2. The Hall–Kier alpha value is -0.550. The number of carbonyl (C=O) groups is 1. The van der Waals surface area contributed by atoms with Crippen LogP contribution in [-0.4, -0.2) is 28.7 Å². The Kier molecular flexibility index (Phi) is 6.86. The zero-order valence-corrected chi connectivity index (χ0v) is 14.4. The molecule has 0 atom stereocenters. The number of benzene rings is 1. The zero-order chi connectivity index (χ0) is 14.3. The van der Waals surface area contributed by atoms with Crippen molar-refractivity contribution in [1.82, 2.24) is 5.32 Å². The number of rotatable bonds is 7. The predicted molar refractivity (Wildman–Crippen MR) is 85.7 cm³/mol. The summed E-state index contributed by atoms with van der Waals surface area (Å²) in [5.74, 6) is 0.515. The van der Waals surface area contributed by atoms with E-state index < -0.39 is 0 Å². The lowest BCUT2D eigenvalue weighted by atomic mass is 10.0. The molecule has 3 nitrogen and oxygen atoms in total. The molecule has 19 heavy (non-hydrogen) atoms. The van der Waals surface area contributed by atoms with Gasteiger partial charge in [-0.15, -0.1) is 0 Å². The third-order valence-electron chi connectivity index (χ3n) is 3.00. The second-order valence-corrected chi connectivity index (χ2v) is 5.41. The second-order valence-electron chi connectivity index (χ2n) is 4.28. The quantitative estimate of drug-likeness (QED) is 0.717. The van der Waals surface area contributed by atoms with Crippen LogP contribution in [0, 0.1) is 0 Å². The van der Waals surface area contributed by atoms with Crippen molar-refractivity contribution < 1.29 is 9.53 Å². The van der Waals surface area contributed by atoms with E-state index >= 15 is 0 Å². The Balaban J connectivity index is 2.94. The van der Waals surface area contributed by atoms with Crippen LogP contribution in [0.3, 0.4) is 0 Å². The molecule has 0 heterocycles. The summed E-state index contributed by atoms with van der Waals surface area (Å²) in [7, 11) is 0. The van der Waals surface area contributed by atoms with E-state index in [1.165, 1.54) is 0 Å². The lowest BCUT2D eigenvalue weighted by molar-refractivity contribution is 0.0911. The molecule has 0 aliphatic carbocycles. The number of nitrogens with one attached hydrogen (secondary N) is 1. The van der Waals surface area contributed by atoms with Crippen molar-refractivity contribution in [2.24, 2.45) is 0 Å². The van der Waals surface area contributed by atoms with Crippen LogP contribution < -0.4 is 10.1 Å². The molecule has 0 unspecified atom stereocenters. The third-order valence-corrected chi connectivity index (χ3v) is 5.15. The van der Waals surface area contributed by atoms with Gasteiger partial charge in [0.2, 0.25) is 0 Å². The molecule has 0 spiro atoms. The highest BCUT2D eigenvalue weighted by Crippen LogP contribution is 2.22. The first-order valence-corrected chi connectivity index (χ1v) is 8.53. The SMILES string of the molecule is CCOc1ccccc1C(=O)NC(CC)(CBr)CBr. The van der Waals surface area contributed by atoms with Crippen LogP contribution in [0.25, 0.3) is 0 Å². The van der Waals surface area contributed by atoms with Gasteiger partial charge in [0, 0.05) is 10.7 Å². The summed E-state index contributed by atoms with van der Waals surface area (Å²) in [5.41, 5.74) is 0.292. The summed E-state index contributed by atoms with van der Waals surface area (Å²) in [5, 5.41) is 4.48. The number of carbonyl (C=O) groups excluding carboxylic acids is 1. The predicted octanol–water partition coefficient (Wildman–Crippen LogP) is 3.75. The van der Waals surface area contributed by atoms with Gasteiger partial charge in [0.1, 0.15) is 5.75 Å². The molecule has 106 valence electrons. The lowest BCUT2D eigenvalue weighted by Crippen LogP contribution is -2.51. The Bertz CT molecular complexity index is 411. The number of halogens is 2. The van der Waals surface area contributed by atoms with Crippen molar-refractivity contribution in [3.05, 3.63) is 29.8 Å². The molecule has 0 bridgehead atoms. The van der Waals surface area contributed by atoms with Crippen molar-refractivity contribution >= 4 is 37.8 Å². The number of alkyl halides is 2. The fraction of sp³-hybridized carbons (Fsp3) is 0.500. The van der Waals surface area contributed by atoms with Gasteiger partial charge in [-0.1, -0.05) is 50.9 Å². The molecule has 0 radical (unpaired) electrons. The molecule has 1 aromatic rings. The number of ether oxygens (including phenoxy) is 1. The standard InChI is InChI=1S/C14H19Br2NO2/c1-3-14(9-15,10-16)17-13(18)11-7-5-6-8-12(11)19-4-2/h5-8H,3-4,9-10H2,1-2H3,(H,17,18). The Morgan fingerprint density at radius 3 is 2.42 bits per heavy atom. The van der Waals surface area contributed by atoms with Crippen LogP contribution in [0.15, 0.2) is 24.3 Å². The zero-order valence-electron chi connectivity index (χ0n) is 11.2. The molecule has 0 aliphatic rings. The van der Waals surface area contributed by atoms with Crippen LogP contribution >= 0.6 is 31.9 Å². The molecule has 1 amide bonds. The lowest BCUT2D eigenvalue weighted by Gasteiger charge is -2.30. The van der Waals surface area contributed by atoms with E-state index in [-0.39, 0.29) is 11.4 Å². The fourth-order valence-corrected chi connectivity index (χ4v) is 3.63. The van der Waals surface area contributed by atoms with E-state index in [1.807, 2.05) is 25.1 Å². The minimum atomic E-state index is -0.281. The molecule has 1 rings (SSSR count). The molecule has 0 aromatic heterocycles. The van der Waals surface area contributed by atoms with Gasteiger partial charge in [0.25, 0.3) is 5.91 Å². The van der Waals surface area contributed by atoms with Gasteiger partial charge in [-0.25, -0.2) is 0 Å². The van der Waals surface area contributed by atoms with E-state index in [0.717, 1.165) is 6.42 Å². The Morgan fingerprint density at radius 1 is 1.26 bits per heavy atom. The van der Waals surface area contributed by atoms with Crippen molar-refractivity contribution in [2.75, 3.05) is 17.3 Å². The highest BCUT2D eigenvalue weighted by atomic mass is 79.9. The third kappa shape index (κ3) is 4.21. The molecular weight excluding hydrogens is 374 g/mol. The molecule has 0 aliphatic heterocycles. The van der Waals surface area contributed by atoms with Crippen LogP contribution in [0.4, 0.5) is 0 Å². The summed E-state index contributed by atoms with van der Waals surface area (Å²) in [6.45, 7) is 4.50. The van der Waals surface area contributed by atoms with Crippen LogP contribution in [-0.2, 0) is 0 Å². The summed E-state index contributed by atoms with van der Waals surface area (Å²) in [4.78, 5) is 12.4. The highest BCUT2D eigenvalue weighted by molar-refractivity contribution is 9.09. The summed E-state index contributed by atoms with van der Waals surface area (Å²) >= 11 is 6.94. The van der Waals surface area contributed by atoms with E-state index in [0.29, 0.717) is 28.6 Å². The van der Waals surface area contributed by atoms with Gasteiger partial charge in [-0.3, -0.25) is 4.79 Å². The first-order valence-electron chi connectivity index (χ1n) is 6.28. The normalized spacial score (nSPS) is 11.2. The monoisotopic (exact) mass is 391 g/mol. The summed E-state index contributed by atoms with van der Waals surface area (Å²) in [6.07, 6.45) is 0.839. The maximum Gasteiger partial charge on any atom is 0.255 e. The minimum Gasteiger partial charge on any atom is -0.493 e. The molecular formula is C14H19Br2NO2. The van der Waals surface area contributed by atoms with E-state index in [9.17, 15) is 4.79 Å². The number of para-hydroxylation sites is 1. The molecule has 0 fully saturated rings. The van der Waals surface area contributed by atoms with Crippen molar-refractivity contribution in [3.8, 4) is 5.75 Å².